The number of ether oxygens (including phenoxy) is 1. The number of aromatic nitrogens is 1. The van der Waals surface area contributed by atoms with E-state index >= 15 is 0 Å². The van der Waals surface area contributed by atoms with Crippen molar-refractivity contribution >= 4 is 5.91 Å². The van der Waals surface area contributed by atoms with Gasteiger partial charge in [0.25, 0.3) is 5.91 Å². The molecular weight excluding hydrogens is 218 g/mol. The Labute approximate surface area is 101 Å². The maximum Gasteiger partial charge on any atom is 0.257 e. The van der Waals surface area contributed by atoms with E-state index in [1.165, 1.54) is 0 Å². The molecule has 1 N–H and O–H groups in total. The highest BCUT2D eigenvalue weighted by atomic mass is 16.5. The van der Waals surface area contributed by atoms with Gasteiger partial charge >= 0.3 is 0 Å². The Hall–Kier alpha value is -1.62. The first-order valence-corrected chi connectivity index (χ1v) is 5.81. The molecule has 0 aromatic carbocycles. The molecule has 1 aliphatic heterocycles. The summed E-state index contributed by atoms with van der Waals surface area (Å²) < 4.78 is 5.16. The summed E-state index contributed by atoms with van der Waals surface area (Å²) in [5, 5.41) is 3.27. The molecule has 1 aliphatic rings. The number of hydrogen-bond acceptors (Lipinski definition) is 4. The van der Waals surface area contributed by atoms with Crippen LogP contribution in [0.2, 0.25) is 0 Å². The molecule has 0 spiro atoms. The van der Waals surface area contributed by atoms with Crippen molar-refractivity contribution in [2.45, 2.75) is 6.42 Å². The van der Waals surface area contributed by atoms with Crippen LogP contribution in [0.25, 0.3) is 0 Å². The van der Waals surface area contributed by atoms with Gasteiger partial charge in [0.1, 0.15) is 5.75 Å². The first-order valence-electron chi connectivity index (χ1n) is 5.81. The van der Waals surface area contributed by atoms with Crippen LogP contribution < -0.4 is 10.1 Å². The van der Waals surface area contributed by atoms with E-state index in [1.807, 2.05) is 4.90 Å². The second-order valence-electron chi connectivity index (χ2n) is 3.97. The van der Waals surface area contributed by atoms with Crippen molar-refractivity contribution < 1.29 is 9.53 Å². The Morgan fingerprint density at radius 2 is 2.35 bits per heavy atom. The maximum absolute atomic E-state index is 12.3. The Morgan fingerprint density at radius 3 is 3.18 bits per heavy atom. The fourth-order valence-corrected chi connectivity index (χ4v) is 1.94. The van der Waals surface area contributed by atoms with Crippen LogP contribution in [0.3, 0.4) is 0 Å². The molecule has 1 fully saturated rings. The van der Waals surface area contributed by atoms with Crippen LogP contribution in [0.15, 0.2) is 18.5 Å². The number of pyridine rings is 1. The molecule has 5 heteroatoms. The average Bonchev–Trinajstić information content (AvgIpc) is 2.66. The van der Waals surface area contributed by atoms with E-state index in [0.717, 1.165) is 32.6 Å². The topological polar surface area (TPSA) is 54.5 Å². The number of carbonyl (C=O) groups is 1. The number of amides is 1. The average molecular weight is 235 g/mol. The summed E-state index contributed by atoms with van der Waals surface area (Å²) in [6, 6.07) is 1.71. The van der Waals surface area contributed by atoms with Gasteiger partial charge in [-0.3, -0.25) is 9.78 Å². The molecule has 2 rings (SSSR count). The van der Waals surface area contributed by atoms with Crippen molar-refractivity contribution in [3.8, 4) is 5.75 Å². The lowest BCUT2D eigenvalue weighted by Gasteiger charge is -2.20. The maximum atomic E-state index is 12.3. The van der Waals surface area contributed by atoms with Gasteiger partial charge in [0.05, 0.1) is 18.9 Å². The van der Waals surface area contributed by atoms with E-state index in [1.54, 1.807) is 25.6 Å². The lowest BCUT2D eigenvalue weighted by atomic mass is 10.2. The van der Waals surface area contributed by atoms with E-state index in [2.05, 4.69) is 10.3 Å². The number of hydrogen-bond donors (Lipinski definition) is 1. The van der Waals surface area contributed by atoms with Crippen LogP contribution in [0.4, 0.5) is 0 Å². The molecule has 5 nitrogen and oxygen atoms in total. The third-order valence-electron chi connectivity index (χ3n) is 2.86. The van der Waals surface area contributed by atoms with Gasteiger partial charge in [0, 0.05) is 25.8 Å². The first-order chi connectivity index (χ1) is 8.33. The summed E-state index contributed by atoms with van der Waals surface area (Å²) in [7, 11) is 1.55. The summed E-state index contributed by atoms with van der Waals surface area (Å²) >= 11 is 0. The number of carbonyl (C=O) groups excluding carboxylic acids is 1. The van der Waals surface area contributed by atoms with E-state index in [4.69, 9.17) is 4.74 Å². The van der Waals surface area contributed by atoms with Gasteiger partial charge < -0.3 is 15.0 Å². The van der Waals surface area contributed by atoms with Crippen LogP contribution >= 0.6 is 0 Å². The van der Waals surface area contributed by atoms with Gasteiger partial charge in [-0.2, -0.15) is 0 Å². The molecule has 0 aliphatic carbocycles. The highest BCUT2D eigenvalue weighted by Gasteiger charge is 2.20. The second kappa shape index (κ2) is 5.63. The van der Waals surface area contributed by atoms with Gasteiger partial charge in [0.2, 0.25) is 0 Å². The number of methoxy groups -OCH3 is 1. The molecule has 0 radical (unpaired) electrons. The quantitative estimate of drug-likeness (QED) is 0.812. The fourth-order valence-electron chi connectivity index (χ4n) is 1.94. The zero-order valence-electron chi connectivity index (χ0n) is 9.98. The minimum atomic E-state index is 0.0213. The third kappa shape index (κ3) is 2.74. The highest BCUT2D eigenvalue weighted by molar-refractivity contribution is 5.96. The summed E-state index contributed by atoms with van der Waals surface area (Å²) in [6.45, 7) is 3.35. The minimum absolute atomic E-state index is 0.0213. The molecule has 2 heterocycles. The van der Waals surface area contributed by atoms with Gasteiger partial charge in [-0.15, -0.1) is 0 Å². The second-order valence-corrected chi connectivity index (χ2v) is 3.97. The molecule has 0 unspecified atom stereocenters. The summed E-state index contributed by atoms with van der Waals surface area (Å²) in [4.78, 5) is 18.1. The first kappa shape index (κ1) is 11.9. The van der Waals surface area contributed by atoms with Crippen molar-refractivity contribution in [3.05, 3.63) is 24.0 Å². The molecule has 1 aromatic rings. The molecule has 0 bridgehead atoms. The van der Waals surface area contributed by atoms with E-state index in [9.17, 15) is 4.79 Å². The molecule has 0 atom stereocenters. The summed E-state index contributed by atoms with van der Waals surface area (Å²) in [6.07, 6.45) is 4.17. The SMILES string of the molecule is COc1cnccc1C(=O)N1CCCNCC1. The normalized spacial score (nSPS) is 16.4. The monoisotopic (exact) mass is 235 g/mol. The van der Waals surface area contributed by atoms with Gasteiger partial charge in [-0.25, -0.2) is 0 Å². The van der Waals surface area contributed by atoms with Crippen molar-refractivity contribution in [2.75, 3.05) is 33.3 Å². The Bertz CT molecular complexity index is 387. The van der Waals surface area contributed by atoms with Crippen LogP contribution in [0.5, 0.6) is 5.75 Å². The molecule has 0 saturated carbocycles. The zero-order chi connectivity index (χ0) is 12.1. The Balaban J connectivity index is 2.17. The predicted octanol–water partition coefficient (Wildman–Crippen LogP) is 0.526. The number of nitrogens with one attached hydrogen (secondary N) is 1. The summed E-state index contributed by atoms with van der Waals surface area (Å²) in [5.41, 5.74) is 0.587. The van der Waals surface area contributed by atoms with Crippen LogP contribution in [-0.2, 0) is 0 Å². The van der Waals surface area contributed by atoms with E-state index in [0.29, 0.717) is 11.3 Å². The molecule has 92 valence electrons. The van der Waals surface area contributed by atoms with E-state index < -0.39 is 0 Å². The Kier molecular flexibility index (Phi) is 3.93. The molecule has 1 aromatic heterocycles. The predicted molar refractivity (Wildman–Crippen MR) is 64.2 cm³/mol. The van der Waals surface area contributed by atoms with E-state index in [-0.39, 0.29) is 5.91 Å². The Morgan fingerprint density at radius 1 is 1.47 bits per heavy atom. The van der Waals surface area contributed by atoms with Gasteiger partial charge in [0.15, 0.2) is 0 Å². The lowest BCUT2D eigenvalue weighted by Crippen LogP contribution is -2.34. The van der Waals surface area contributed by atoms with Crippen molar-refractivity contribution in [2.24, 2.45) is 0 Å². The van der Waals surface area contributed by atoms with Crippen molar-refractivity contribution in [3.63, 3.8) is 0 Å². The number of nitrogens with zero attached hydrogens (tertiary/aromatic N) is 2. The van der Waals surface area contributed by atoms with Gasteiger partial charge in [-0.05, 0) is 19.0 Å². The van der Waals surface area contributed by atoms with Gasteiger partial charge in [-0.1, -0.05) is 0 Å². The molecule has 1 saturated heterocycles. The van der Waals surface area contributed by atoms with Crippen LogP contribution in [0, 0.1) is 0 Å². The van der Waals surface area contributed by atoms with Crippen molar-refractivity contribution in [1.29, 1.82) is 0 Å². The minimum Gasteiger partial charge on any atom is -0.494 e. The largest absolute Gasteiger partial charge is 0.494 e. The third-order valence-corrected chi connectivity index (χ3v) is 2.86. The number of rotatable bonds is 2. The molecular formula is C12H17N3O2. The lowest BCUT2D eigenvalue weighted by molar-refractivity contribution is 0.0763. The molecule has 1 amide bonds. The fraction of sp³-hybridized carbons (Fsp3) is 0.500. The van der Waals surface area contributed by atoms with Crippen LogP contribution in [-0.4, -0.2) is 49.1 Å². The molecule has 17 heavy (non-hydrogen) atoms. The standard InChI is InChI=1S/C12H17N3O2/c1-17-11-9-14-5-3-10(11)12(16)15-7-2-4-13-6-8-15/h3,5,9,13H,2,4,6-8H2,1H3. The zero-order valence-corrected chi connectivity index (χ0v) is 9.98. The smallest absolute Gasteiger partial charge is 0.257 e. The highest BCUT2D eigenvalue weighted by Crippen LogP contribution is 2.18. The summed E-state index contributed by atoms with van der Waals surface area (Å²) in [5.74, 6) is 0.558. The van der Waals surface area contributed by atoms with Crippen molar-refractivity contribution in [1.82, 2.24) is 15.2 Å². The van der Waals surface area contributed by atoms with Crippen LogP contribution in [0.1, 0.15) is 16.8 Å².